The molecule has 5 heteroatoms. The van der Waals surface area contributed by atoms with Crippen LogP contribution in [-0.4, -0.2) is 32.8 Å². The van der Waals surface area contributed by atoms with Crippen molar-refractivity contribution in [1.82, 2.24) is 10.6 Å². The Bertz CT molecular complexity index is 487. The number of hydrogen-bond acceptors (Lipinski definition) is 3. The van der Waals surface area contributed by atoms with Crippen LogP contribution >= 0.6 is 0 Å². The lowest BCUT2D eigenvalue weighted by Crippen LogP contribution is -2.37. The van der Waals surface area contributed by atoms with E-state index >= 15 is 0 Å². The first kappa shape index (κ1) is 17.9. The van der Waals surface area contributed by atoms with Crippen molar-refractivity contribution in [2.45, 2.75) is 26.8 Å². The second-order valence-corrected chi connectivity index (χ2v) is 4.70. The molecular formula is C17H27N3O2. The highest BCUT2D eigenvalue weighted by Gasteiger charge is 2.05. The van der Waals surface area contributed by atoms with Crippen molar-refractivity contribution in [2.24, 2.45) is 4.99 Å². The summed E-state index contributed by atoms with van der Waals surface area (Å²) >= 11 is 0. The van der Waals surface area contributed by atoms with Crippen LogP contribution in [0.25, 0.3) is 0 Å². The Morgan fingerprint density at radius 1 is 1.27 bits per heavy atom. The first-order valence-electron chi connectivity index (χ1n) is 7.67. The third-order valence-electron chi connectivity index (χ3n) is 2.87. The number of nitrogens with one attached hydrogen (secondary N) is 2. The number of benzene rings is 1. The summed E-state index contributed by atoms with van der Waals surface area (Å²) in [6.45, 7) is 10.6. The van der Waals surface area contributed by atoms with E-state index in [0.717, 1.165) is 36.0 Å². The van der Waals surface area contributed by atoms with Gasteiger partial charge in [0.15, 0.2) is 17.5 Å². The third kappa shape index (κ3) is 6.08. The fourth-order valence-electron chi connectivity index (χ4n) is 1.82. The normalized spacial score (nSPS) is 11.0. The van der Waals surface area contributed by atoms with Crippen LogP contribution in [0.5, 0.6) is 11.5 Å². The summed E-state index contributed by atoms with van der Waals surface area (Å²) in [5.74, 6) is 2.28. The standard InChI is InChI=1S/C17H27N3O2/c1-5-10-19-17(18-7-3)20-13-14-8-9-15(22-11-6-2)16(12-14)21-4/h5,8-9,12H,1,6-7,10-11,13H2,2-4H3,(H2,18,19,20). The molecule has 0 unspecified atom stereocenters. The molecule has 0 bridgehead atoms. The van der Waals surface area contributed by atoms with E-state index < -0.39 is 0 Å². The van der Waals surface area contributed by atoms with Gasteiger partial charge in [0.05, 0.1) is 20.3 Å². The second kappa shape index (κ2) is 10.5. The maximum atomic E-state index is 5.65. The lowest BCUT2D eigenvalue weighted by Gasteiger charge is -2.12. The molecule has 0 heterocycles. The number of guanidine groups is 1. The number of nitrogens with zero attached hydrogens (tertiary/aromatic N) is 1. The minimum atomic E-state index is 0.566. The highest BCUT2D eigenvalue weighted by Crippen LogP contribution is 2.28. The number of rotatable bonds is 9. The zero-order chi connectivity index (χ0) is 16.2. The van der Waals surface area contributed by atoms with E-state index in [1.54, 1.807) is 13.2 Å². The van der Waals surface area contributed by atoms with Crippen LogP contribution in [0, 0.1) is 0 Å². The molecule has 0 atom stereocenters. The van der Waals surface area contributed by atoms with Crippen LogP contribution in [0.2, 0.25) is 0 Å². The van der Waals surface area contributed by atoms with Gasteiger partial charge in [-0.3, -0.25) is 0 Å². The average molecular weight is 305 g/mol. The van der Waals surface area contributed by atoms with Gasteiger partial charge in [0.1, 0.15) is 0 Å². The van der Waals surface area contributed by atoms with Crippen molar-refractivity contribution >= 4 is 5.96 Å². The molecular weight excluding hydrogens is 278 g/mol. The Labute approximate surface area is 133 Å². The van der Waals surface area contributed by atoms with Crippen LogP contribution in [-0.2, 0) is 6.54 Å². The minimum absolute atomic E-state index is 0.566. The van der Waals surface area contributed by atoms with Gasteiger partial charge in [-0.2, -0.15) is 0 Å². The Kier molecular flexibility index (Phi) is 8.57. The molecule has 0 radical (unpaired) electrons. The van der Waals surface area contributed by atoms with Crippen LogP contribution < -0.4 is 20.1 Å². The Morgan fingerprint density at radius 3 is 2.73 bits per heavy atom. The van der Waals surface area contributed by atoms with E-state index in [1.165, 1.54) is 0 Å². The predicted molar refractivity (Wildman–Crippen MR) is 91.8 cm³/mol. The van der Waals surface area contributed by atoms with Crippen molar-refractivity contribution in [3.8, 4) is 11.5 Å². The summed E-state index contributed by atoms with van der Waals surface area (Å²) in [4.78, 5) is 4.54. The predicted octanol–water partition coefficient (Wildman–Crippen LogP) is 2.73. The average Bonchev–Trinajstić information content (AvgIpc) is 2.55. The first-order chi connectivity index (χ1) is 10.7. The molecule has 1 aromatic carbocycles. The monoisotopic (exact) mass is 305 g/mol. The topological polar surface area (TPSA) is 54.9 Å². The van der Waals surface area contributed by atoms with Gasteiger partial charge in [-0.15, -0.1) is 6.58 Å². The van der Waals surface area contributed by atoms with E-state index in [9.17, 15) is 0 Å². The number of methoxy groups -OCH3 is 1. The van der Waals surface area contributed by atoms with Gasteiger partial charge in [-0.1, -0.05) is 19.1 Å². The van der Waals surface area contributed by atoms with E-state index in [-0.39, 0.29) is 0 Å². The van der Waals surface area contributed by atoms with Crippen molar-refractivity contribution in [2.75, 3.05) is 26.8 Å². The third-order valence-corrected chi connectivity index (χ3v) is 2.87. The fraction of sp³-hybridized carbons (Fsp3) is 0.471. The zero-order valence-electron chi connectivity index (χ0n) is 13.8. The molecule has 122 valence electrons. The van der Waals surface area contributed by atoms with Gasteiger partial charge in [-0.05, 0) is 31.0 Å². The molecule has 0 aliphatic heterocycles. The Morgan fingerprint density at radius 2 is 2.09 bits per heavy atom. The van der Waals surface area contributed by atoms with E-state index in [4.69, 9.17) is 9.47 Å². The van der Waals surface area contributed by atoms with Gasteiger partial charge in [0, 0.05) is 13.1 Å². The van der Waals surface area contributed by atoms with Gasteiger partial charge in [-0.25, -0.2) is 4.99 Å². The summed E-state index contributed by atoms with van der Waals surface area (Å²) in [6, 6.07) is 5.91. The molecule has 0 aliphatic rings. The van der Waals surface area contributed by atoms with Gasteiger partial charge in [0.25, 0.3) is 0 Å². The molecule has 22 heavy (non-hydrogen) atoms. The second-order valence-electron chi connectivity index (χ2n) is 4.70. The smallest absolute Gasteiger partial charge is 0.191 e. The first-order valence-corrected chi connectivity index (χ1v) is 7.67. The number of hydrogen-bond donors (Lipinski definition) is 2. The molecule has 0 aromatic heterocycles. The molecule has 0 saturated heterocycles. The number of ether oxygens (including phenoxy) is 2. The summed E-state index contributed by atoms with van der Waals surface area (Å²) in [6.07, 6.45) is 2.77. The van der Waals surface area contributed by atoms with Crippen LogP contribution in [0.1, 0.15) is 25.8 Å². The molecule has 1 aromatic rings. The summed E-state index contributed by atoms with van der Waals surface area (Å²) in [7, 11) is 1.65. The van der Waals surface area contributed by atoms with Crippen LogP contribution in [0.15, 0.2) is 35.8 Å². The molecule has 2 N–H and O–H groups in total. The molecule has 0 amide bonds. The summed E-state index contributed by atoms with van der Waals surface area (Å²) < 4.78 is 11.0. The van der Waals surface area contributed by atoms with E-state index in [1.807, 2.05) is 25.1 Å². The largest absolute Gasteiger partial charge is 0.493 e. The molecule has 0 saturated carbocycles. The Balaban J connectivity index is 2.76. The Hall–Kier alpha value is -2.17. The molecule has 5 nitrogen and oxygen atoms in total. The van der Waals surface area contributed by atoms with E-state index in [2.05, 4.69) is 29.1 Å². The molecule has 1 rings (SSSR count). The van der Waals surface area contributed by atoms with Gasteiger partial charge >= 0.3 is 0 Å². The zero-order valence-corrected chi connectivity index (χ0v) is 13.8. The van der Waals surface area contributed by atoms with Crippen LogP contribution in [0.3, 0.4) is 0 Å². The van der Waals surface area contributed by atoms with Crippen molar-refractivity contribution < 1.29 is 9.47 Å². The highest BCUT2D eigenvalue weighted by molar-refractivity contribution is 5.79. The molecule has 0 fully saturated rings. The highest BCUT2D eigenvalue weighted by atomic mass is 16.5. The molecule has 0 aliphatic carbocycles. The summed E-state index contributed by atoms with van der Waals surface area (Å²) in [5, 5.41) is 6.36. The lowest BCUT2D eigenvalue weighted by atomic mass is 10.2. The van der Waals surface area contributed by atoms with Crippen molar-refractivity contribution in [3.63, 3.8) is 0 Å². The van der Waals surface area contributed by atoms with E-state index in [0.29, 0.717) is 19.7 Å². The maximum Gasteiger partial charge on any atom is 0.191 e. The van der Waals surface area contributed by atoms with Crippen molar-refractivity contribution in [3.05, 3.63) is 36.4 Å². The minimum Gasteiger partial charge on any atom is -0.493 e. The number of aliphatic imine (C=N–C) groups is 1. The van der Waals surface area contributed by atoms with Crippen molar-refractivity contribution in [1.29, 1.82) is 0 Å². The molecule has 0 spiro atoms. The SMILES string of the molecule is C=CCNC(=NCc1ccc(OCCC)c(OC)c1)NCC. The van der Waals surface area contributed by atoms with Gasteiger partial charge in [0.2, 0.25) is 0 Å². The lowest BCUT2D eigenvalue weighted by molar-refractivity contribution is 0.294. The van der Waals surface area contributed by atoms with Gasteiger partial charge < -0.3 is 20.1 Å². The summed E-state index contributed by atoms with van der Waals surface area (Å²) in [5.41, 5.74) is 1.07. The fourth-order valence-corrected chi connectivity index (χ4v) is 1.82. The quantitative estimate of drug-likeness (QED) is 0.418. The maximum absolute atomic E-state index is 5.65. The van der Waals surface area contributed by atoms with Crippen LogP contribution in [0.4, 0.5) is 0 Å².